The summed E-state index contributed by atoms with van der Waals surface area (Å²) in [5.74, 6) is 0.586. The van der Waals surface area contributed by atoms with Crippen molar-refractivity contribution >= 4 is 27.5 Å². The lowest BCUT2D eigenvalue weighted by atomic mass is 10.3. The maximum absolute atomic E-state index is 12.1. The lowest BCUT2D eigenvalue weighted by Crippen LogP contribution is -2.15. The fourth-order valence-electron chi connectivity index (χ4n) is 1.82. The van der Waals surface area contributed by atoms with Gasteiger partial charge in [-0.2, -0.15) is 0 Å². The molecule has 0 bridgehead atoms. The van der Waals surface area contributed by atoms with E-state index in [1.165, 1.54) is 0 Å². The maximum Gasteiger partial charge on any atom is 0.272 e. The van der Waals surface area contributed by atoms with Gasteiger partial charge in [-0.25, -0.2) is 0 Å². The Morgan fingerprint density at radius 1 is 1.29 bits per heavy atom. The Bertz CT molecular complexity index is 608. The van der Waals surface area contributed by atoms with Crippen molar-refractivity contribution in [2.75, 3.05) is 25.6 Å². The molecule has 0 saturated heterocycles. The van der Waals surface area contributed by atoms with Gasteiger partial charge in [0.25, 0.3) is 5.91 Å². The molecule has 0 fully saturated rings. The summed E-state index contributed by atoms with van der Waals surface area (Å²) in [5.41, 5.74) is 1.30. The molecule has 0 radical (unpaired) electrons. The highest BCUT2D eigenvalue weighted by Gasteiger charge is 2.11. The van der Waals surface area contributed by atoms with Crippen LogP contribution < -0.4 is 10.1 Å². The van der Waals surface area contributed by atoms with Crippen LogP contribution in [0.1, 0.15) is 10.5 Å². The molecule has 1 amide bonds. The van der Waals surface area contributed by atoms with Gasteiger partial charge in [-0.15, -0.1) is 0 Å². The zero-order chi connectivity index (χ0) is 15.2. The fourth-order valence-corrected chi connectivity index (χ4v) is 2.35. The highest BCUT2D eigenvalue weighted by atomic mass is 79.9. The Hall–Kier alpha value is -1.79. The molecule has 0 saturated carbocycles. The average molecular weight is 353 g/mol. The van der Waals surface area contributed by atoms with E-state index in [4.69, 9.17) is 9.47 Å². The number of carbonyl (C=O) groups is 1. The van der Waals surface area contributed by atoms with Crippen molar-refractivity contribution in [2.45, 2.75) is 0 Å². The number of amides is 1. The predicted molar refractivity (Wildman–Crippen MR) is 84.9 cm³/mol. The number of methoxy groups -OCH3 is 1. The highest BCUT2D eigenvalue weighted by molar-refractivity contribution is 9.10. The monoisotopic (exact) mass is 352 g/mol. The molecular weight excluding hydrogens is 336 g/mol. The number of benzene rings is 1. The summed E-state index contributed by atoms with van der Waals surface area (Å²) in [4.78, 5) is 12.1. The first kappa shape index (κ1) is 15.6. The number of nitrogens with one attached hydrogen (secondary N) is 1. The Labute approximate surface area is 132 Å². The van der Waals surface area contributed by atoms with Crippen molar-refractivity contribution in [3.63, 3.8) is 0 Å². The molecule has 5 nitrogen and oxygen atoms in total. The molecule has 0 atom stereocenters. The molecule has 112 valence electrons. The van der Waals surface area contributed by atoms with Gasteiger partial charge in [0.1, 0.15) is 18.1 Å². The molecule has 1 heterocycles. The van der Waals surface area contributed by atoms with E-state index in [0.717, 1.165) is 15.9 Å². The third-order valence-electron chi connectivity index (χ3n) is 2.87. The van der Waals surface area contributed by atoms with E-state index in [0.29, 0.717) is 18.9 Å². The van der Waals surface area contributed by atoms with Gasteiger partial charge in [0, 0.05) is 30.5 Å². The van der Waals surface area contributed by atoms with E-state index in [1.54, 1.807) is 29.9 Å². The maximum atomic E-state index is 12.1. The summed E-state index contributed by atoms with van der Waals surface area (Å²) in [7, 11) is 3.45. The molecule has 0 aliphatic rings. The number of carbonyl (C=O) groups excluding carboxylic acids is 1. The normalized spacial score (nSPS) is 10.4. The van der Waals surface area contributed by atoms with Gasteiger partial charge in [-0.3, -0.25) is 4.79 Å². The second kappa shape index (κ2) is 7.28. The smallest absolute Gasteiger partial charge is 0.272 e. The highest BCUT2D eigenvalue weighted by Crippen LogP contribution is 2.18. The van der Waals surface area contributed by atoms with E-state index in [1.807, 2.05) is 25.4 Å². The van der Waals surface area contributed by atoms with E-state index >= 15 is 0 Å². The molecule has 1 aromatic heterocycles. The van der Waals surface area contributed by atoms with Crippen LogP contribution in [0.25, 0.3) is 0 Å². The minimum atomic E-state index is -0.156. The van der Waals surface area contributed by atoms with Crippen LogP contribution in [-0.2, 0) is 11.8 Å². The van der Waals surface area contributed by atoms with Gasteiger partial charge < -0.3 is 19.4 Å². The molecule has 6 heteroatoms. The van der Waals surface area contributed by atoms with Crippen LogP contribution in [0.3, 0.4) is 0 Å². The second-order valence-electron chi connectivity index (χ2n) is 4.47. The molecule has 0 aliphatic carbocycles. The molecule has 0 spiro atoms. The zero-order valence-corrected chi connectivity index (χ0v) is 13.5. The summed E-state index contributed by atoms with van der Waals surface area (Å²) in [5, 5.41) is 2.85. The predicted octanol–water partition coefficient (Wildman–Crippen LogP) is 3.07. The number of rotatable bonds is 6. The summed E-state index contributed by atoms with van der Waals surface area (Å²) in [6.45, 7) is 1.04. The Kier molecular flexibility index (Phi) is 5.41. The van der Waals surface area contributed by atoms with Crippen molar-refractivity contribution in [1.29, 1.82) is 0 Å². The Morgan fingerprint density at radius 2 is 2.00 bits per heavy atom. The van der Waals surface area contributed by atoms with Crippen molar-refractivity contribution in [3.05, 3.63) is 46.7 Å². The van der Waals surface area contributed by atoms with Crippen molar-refractivity contribution < 1.29 is 14.3 Å². The number of halogens is 1. The Morgan fingerprint density at radius 3 is 2.57 bits per heavy atom. The van der Waals surface area contributed by atoms with Crippen LogP contribution in [0.15, 0.2) is 41.0 Å². The quantitative estimate of drug-likeness (QED) is 0.812. The van der Waals surface area contributed by atoms with E-state index in [-0.39, 0.29) is 5.91 Å². The number of ether oxygens (including phenoxy) is 2. The number of aromatic nitrogens is 1. The first-order valence-electron chi connectivity index (χ1n) is 6.45. The summed E-state index contributed by atoms with van der Waals surface area (Å²) < 4.78 is 13.0. The minimum absolute atomic E-state index is 0.156. The van der Waals surface area contributed by atoms with E-state index < -0.39 is 0 Å². The number of anilines is 1. The summed E-state index contributed by atoms with van der Waals surface area (Å²) in [6, 6.07) is 9.01. The average Bonchev–Trinajstić information content (AvgIpc) is 2.80. The molecule has 2 aromatic rings. The number of aryl methyl sites for hydroxylation is 1. The largest absolute Gasteiger partial charge is 0.491 e. The SMILES string of the molecule is COCCOc1ccc(NC(=O)c2cc(Br)cn2C)cc1. The van der Waals surface area contributed by atoms with E-state index in [2.05, 4.69) is 21.2 Å². The second-order valence-corrected chi connectivity index (χ2v) is 5.39. The lowest BCUT2D eigenvalue weighted by molar-refractivity contribution is 0.101. The van der Waals surface area contributed by atoms with Crippen molar-refractivity contribution in [2.24, 2.45) is 7.05 Å². The first-order valence-corrected chi connectivity index (χ1v) is 7.24. The van der Waals surface area contributed by atoms with Crippen LogP contribution >= 0.6 is 15.9 Å². The lowest BCUT2D eigenvalue weighted by Gasteiger charge is -2.08. The van der Waals surface area contributed by atoms with Crippen LogP contribution in [0, 0.1) is 0 Å². The van der Waals surface area contributed by atoms with Gasteiger partial charge in [0.2, 0.25) is 0 Å². The molecule has 0 unspecified atom stereocenters. The van der Waals surface area contributed by atoms with Crippen molar-refractivity contribution in [1.82, 2.24) is 4.57 Å². The molecule has 2 rings (SSSR count). The third kappa shape index (κ3) is 4.34. The standard InChI is InChI=1S/C15H17BrN2O3/c1-18-10-11(16)9-14(18)15(19)17-12-3-5-13(6-4-12)21-8-7-20-2/h3-6,9-10H,7-8H2,1-2H3,(H,17,19). The minimum Gasteiger partial charge on any atom is -0.491 e. The van der Waals surface area contributed by atoms with E-state index in [9.17, 15) is 4.79 Å². The zero-order valence-electron chi connectivity index (χ0n) is 11.9. The van der Waals surface area contributed by atoms with Crippen LogP contribution in [-0.4, -0.2) is 30.8 Å². The first-order chi connectivity index (χ1) is 10.1. The number of nitrogens with zero attached hydrogens (tertiary/aromatic N) is 1. The van der Waals surface area contributed by atoms with Crippen LogP contribution in [0.4, 0.5) is 5.69 Å². The Balaban J connectivity index is 1.96. The van der Waals surface area contributed by atoms with Gasteiger partial charge in [0.15, 0.2) is 0 Å². The van der Waals surface area contributed by atoms with Gasteiger partial charge in [-0.1, -0.05) is 0 Å². The van der Waals surface area contributed by atoms with Crippen LogP contribution in [0.2, 0.25) is 0 Å². The third-order valence-corrected chi connectivity index (χ3v) is 3.31. The molecule has 1 N–H and O–H groups in total. The topological polar surface area (TPSA) is 52.5 Å². The van der Waals surface area contributed by atoms with Gasteiger partial charge in [0.05, 0.1) is 6.61 Å². The van der Waals surface area contributed by atoms with Gasteiger partial charge >= 0.3 is 0 Å². The molecule has 1 aromatic carbocycles. The molecular formula is C15H17BrN2O3. The molecule has 0 aliphatic heterocycles. The fraction of sp³-hybridized carbons (Fsp3) is 0.267. The number of hydrogen-bond donors (Lipinski definition) is 1. The summed E-state index contributed by atoms with van der Waals surface area (Å²) in [6.07, 6.45) is 1.83. The summed E-state index contributed by atoms with van der Waals surface area (Å²) >= 11 is 3.35. The van der Waals surface area contributed by atoms with Gasteiger partial charge in [-0.05, 0) is 46.3 Å². The molecule has 21 heavy (non-hydrogen) atoms. The number of hydrogen-bond acceptors (Lipinski definition) is 3. The van der Waals surface area contributed by atoms with Crippen molar-refractivity contribution in [3.8, 4) is 5.75 Å². The van der Waals surface area contributed by atoms with Crippen LogP contribution in [0.5, 0.6) is 5.75 Å².